The number of anilines is 1. The molecule has 2 atom stereocenters. The highest BCUT2D eigenvalue weighted by Crippen LogP contribution is 2.26. The number of rotatable bonds is 6. The number of aryl methyl sites for hydroxylation is 2. The molecule has 10 nitrogen and oxygen atoms in total. The Morgan fingerprint density at radius 3 is 2.55 bits per heavy atom. The maximum atomic E-state index is 12.6. The number of aromatic nitrogens is 6. The lowest BCUT2D eigenvalue weighted by molar-refractivity contribution is -0.142. The number of ether oxygens (including phenoxy) is 1. The number of hydrogen-bond acceptors (Lipinski definition) is 8. The molecule has 164 valence electrons. The molecule has 0 radical (unpaired) electrons. The van der Waals surface area contributed by atoms with Crippen LogP contribution in [0.5, 0.6) is 0 Å². The Bertz CT molecular complexity index is 1060. The van der Waals surface area contributed by atoms with E-state index in [0.29, 0.717) is 49.8 Å². The zero-order chi connectivity index (χ0) is 22.0. The monoisotopic (exact) mass is 424 g/mol. The summed E-state index contributed by atoms with van der Waals surface area (Å²) >= 11 is 0. The average Bonchev–Trinajstić information content (AvgIpc) is 3.13. The number of morpholine rings is 1. The second kappa shape index (κ2) is 8.93. The zero-order valence-corrected chi connectivity index (χ0v) is 18.4. The Hall–Kier alpha value is -3.14. The molecule has 3 aromatic heterocycles. The predicted molar refractivity (Wildman–Crippen MR) is 116 cm³/mol. The predicted octanol–water partition coefficient (Wildman–Crippen LogP) is 2.05. The van der Waals surface area contributed by atoms with Crippen LogP contribution in [0.15, 0.2) is 18.7 Å². The molecule has 1 N–H and O–H groups in total. The van der Waals surface area contributed by atoms with Crippen molar-refractivity contribution in [3.8, 4) is 11.4 Å². The van der Waals surface area contributed by atoms with Gasteiger partial charge in [-0.3, -0.25) is 4.79 Å². The van der Waals surface area contributed by atoms with Gasteiger partial charge in [-0.1, -0.05) is 0 Å². The molecule has 0 unspecified atom stereocenters. The molecule has 0 aliphatic carbocycles. The van der Waals surface area contributed by atoms with Gasteiger partial charge >= 0.3 is 0 Å². The van der Waals surface area contributed by atoms with E-state index in [9.17, 15) is 4.79 Å². The van der Waals surface area contributed by atoms with Gasteiger partial charge in [-0.25, -0.2) is 24.9 Å². The van der Waals surface area contributed by atoms with Crippen LogP contribution in [0.4, 0.5) is 5.82 Å². The van der Waals surface area contributed by atoms with Crippen molar-refractivity contribution in [3.63, 3.8) is 0 Å². The molecule has 1 amide bonds. The fourth-order valence-electron chi connectivity index (χ4n) is 3.92. The van der Waals surface area contributed by atoms with Gasteiger partial charge in [-0.2, -0.15) is 0 Å². The first kappa shape index (κ1) is 21.1. The van der Waals surface area contributed by atoms with Crippen LogP contribution in [-0.2, 0) is 16.1 Å². The fraction of sp³-hybridized carbons (Fsp3) is 0.524. The summed E-state index contributed by atoms with van der Waals surface area (Å²) in [5.74, 6) is 2.17. The lowest BCUT2D eigenvalue weighted by Crippen LogP contribution is -2.48. The number of carbonyl (C=O) groups excluding carboxylic acids is 1. The average molecular weight is 425 g/mol. The fourth-order valence-corrected chi connectivity index (χ4v) is 3.92. The van der Waals surface area contributed by atoms with E-state index in [1.165, 1.54) is 6.33 Å². The maximum Gasteiger partial charge on any atom is 0.224 e. The van der Waals surface area contributed by atoms with Crippen molar-refractivity contribution in [2.75, 3.05) is 25.0 Å². The minimum absolute atomic E-state index is 0.0596. The van der Waals surface area contributed by atoms with Crippen LogP contribution in [0.1, 0.15) is 33.0 Å². The van der Waals surface area contributed by atoms with Gasteiger partial charge in [-0.15, -0.1) is 0 Å². The molecule has 1 fully saturated rings. The molecule has 4 rings (SSSR count). The van der Waals surface area contributed by atoms with Gasteiger partial charge in [0.25, 0.3) is 0 Å². The van der Waals surface area contributed by atoms with Crippen LogP contribution < -0.4 is 5.32 Å². The summed E-state index contributed by atoms with van der Waals surface area (Å²) in [5, 5.41) is 3.27. The summed E-state index contributed by atoms with van der Waals surface area (Å²) in [7, 11) is 0. The molecule has 0 bridgehead atoms. The summed E-state index contributed by atoms with van der Waals surface area (Å²) in [6, 6.07) is 0. The van der Waals surface area contributed by atoms with Crippen LogP contribution >= 0.6 is 0 Å². The van der Waals surface area contributed by atoms with Crippen molar-refractivity contribution in [3.05, 3.63) is 24.5 Å². The third-order valence-corrected chi connectivity index (χ3v) is 5.29. The molecule has 0 spiro atoms. The molecule has 1 aliphatic heterocycles. The van der Waals surface area contributed by atoms with E-state index < -0.39 is 0 Å². The first-order valence-electron chi connectivity index (χ1n) is 10.6. The molecule has 1 saturated heterocycles. The second-order valence-corrected chi connectivity index (χ2v) is 7.83. The Balaban J connectivity index is 1.51. The Labute approximate surface area is 181 Å². The van der Waals surface area contributed by atoms with Crippen molar-refractivity contribution in [1.29, 1.82) is 0 Å². The van der Waals surface area contributed by atoms with E-state index in [1.807, 2.05) is 37.2 Å². The number of nitrogens with zero attached hydrogens (tertiary/aromatic N) is 7. The quantitative estimate of drug-likeness (QED) is 0.640. The lowest BCUT2D eigenvalue weighted by atomic mass is 10.2. The molecule has 0 aromatic carbocycles. The van der Waals surface area contributed by atoms with E-state index in [-0.39, 0.29) is 18.1 Å². The molecule has 4 heterocycles. The van der Waals surface area contributed by atoms with E-state index >= 15 is 0 Å². The maximum absolute atomic E-state index is 12.6. The summed E-state index contributed by atoms with van der Waals surface area (Å²) in [4.78, 5) is 36.6. The number of imidazole rings is 1. The van der Waals surface area contributed by atoms with Gasteiger partial charge in [-0.05, 0) is 27.7 Å². The Kier molecular flexibility index (Phi) is 6.08. The van der Waals surface area contributed by atoms with Gasteiger partial charge in [0, 0.05) is 45.0 Å². The minimum atomic E-state index is 0.0596. The summed E-state index contributed by atoms with van der Waals surface area (Å²) in [5.41, 5.74) is 2.22. The van der Waals surface area contributed by atoms with Crippen LogP contribution in [0.25, 0.3) is 22.6 Å². The number of amides is 1. The highest BCUT2D eigenvalue weighted by molar-refractivity contribution is 5.86. The molecule has 31 heavy (non-hydrogen) atoms. The minimum Gasteiger partial charge on any atom is -0.372 e. The number of hydrogen-bond donors (Lipinski definition) is 1. The molecule has 3 aromatic rings. The van der Waals surface area contributed by atoms with Gasteiger partial charge in [0.15, 0.2) is 17.0 Å². The van der Waals surface area contributed by atoms with Crippen LogP contribution in [0, 0.1) is 6.92 Å². The molecular weight excluding hydrogens is 396 g/mol. The highest BCUT2D eigenvalue weighted by atomic mass is 16.5. The number of carbonyl (C=O) groups is 1. The van der Waals surface area contributed by atoms with Crippen molar-refractivity contribution < 1.29 is 9.53 Å². The third-order valence-electron chi connectivity index (χ3n) is 5.29. The lowest BCUT2D eigenvalue weighted by Gasteiger charge is -2.35. The largest absolute Gasteiger partial charge is 0.372 e. The first-order valence-corrected chi connectivity index (χ1v) is 10.6. The molecule has 10 heteroatoms. The van der Waals surface area contributed by atoms with Crippen LogP contribution in [-0.4, -0.2) is 72.1 Å². The van der Waals surface area contributed by atoms with E-state index in [1.54, 1.807) is 12.4 Å². The normalized spacial score (nSPS) is 19.0. The molecule has 0 saturated carbocycles. The van der Waals surface area contributed by atoms with Gasteiger partial charge in [0.05, 0.1) is 17.8 Å². The van der Waals surface area contributed by atoms with Crippen LogP contribution in [0.2, 0.25) is 0 Å². The van der Waals surface area contributed by atoms with Crippen molar-refractivity contribution in [1.82, 2.24) is 34.4 Å². The molecular formula is C21H28N8O2. The number of nitrogens with one attached hydrogen (secondary N) is 1. The van der Waals surface area contributed by atoms with E-state index in [2.05, 4.69) is 25.3 Å². The molecule has 1 aliphatic rings. The highest BCUT2D eigenvalue weighted by Gasteiger charge is 2.25. The van der Waals surface area contributed by atoms with E-state index in [0.717, 1.165) is 17.0 Å². The Morgan fingerprint density at radius 2 is 1.87 bits per heavy atom. The summed E-state index contributed by atoms with van der Waals surface area (Å²) in [6.07, 6.45) is 5.53. The van der Waals surface area contributed by atoms with Crippen molar-refractivity contribution >= 4 is 22.9 Å². The van der Waals surface area contributed by atoms with Gasteiger partial charge in [0.2, 0.25) is 5.91 Å². The van der Waals surface area contributed by atoms with Crippen molar-refractivity contribution in [2.24, 2.45) is 0 Å². The SMILES string of the molecule is CCn1c(-c2cnc(C)nc2)nc2c(NCCC(=O)N3C[C@@H](C)O[C@@H](C)C3)ncnc21. The Morgan fingerprint density at radius 1 is 1.16 bits per heavy atom. The summed E-state index contributed by atoms with van der Waals surface area (Å²) < 4.78 is 7.72. The summed E-state index contributed by atoms with van der Waals surface area (Å²) in [6.45, 7) is 10.3. The smallest absolute Gasteiger partial charge is 0.224 e. The van der Waals surface area contributed by atoms with Gasteiger partial charge in [0.1, 0.15) is 18.0 Å². The zero-order valence-electron chi connectivity index (χ0n) is 18.4. The number of fused-ring (bicyclic) bond motifs is 1. The first-order chi connectivity index (χ1) is 15.0. The topological polar surface area (TPSA) is 111 Å². The van der Waals surface area contributed by atoms with E-state index in [4.69, 9.17) is 9.72 Å². The third kappa shape index (κ3) is 4.48. The standard InChI is InChI=1S/C21H28N8O2/c1-5-29-20(16-8-23-15(4)24-9-16)27-18-19(25-12-26-21(18)29)22-7-6-17(30)28-10-13(2)31-14(3)11-28/h8-9,12-14H,5-7,10-11H2,1-4H3,(H,22,25,26)/t13-,14+. The second-order valence-electron chi connectivity index (χ2n) is 7.83. The van der Waals surface area contributed by atoms with Crippen molar-refractivity contribution in [2.45, 2.75) is 52.9 Å². The van der Waals surface area contributed by atoms with Gasteiger partial charge < -0.3 is 19.5 Å². The van der Waals surface area contributed by atoms with Crippen LogP contribution in [0.3, 0.4) is 0 Å².